The SMILES string of the molecule is Cc1c(Cl)nc2ncnn2c1Oc1ccc(Br)cc1F. The molecule has 5 nitrogen and oxygen atoms in total. The number of nitrogens with zero attached hydrogens (tertiary/aromatic N) is 4. The molecule has 0 N–H and O–H groups in total. The summed E-state index contributed by atoms with van der Waals surface area (Å²) in [6.07, 6.45) is 1.32. The molecule has 0 saturated carbocycles. The predicted molar refractivity (Wildman–Crippen MR) is 74.7 cm³/mol. The van der Waals surface area contributed by atoms with Gasteiger partial charge in [0.2, 0.25) is 5.88 Å². The molecular formula is C12H7BrClFN4O. The van der Waals surface area contributed by atoms with E-state index in [1.165, 1.54) is 23.0 Å². The highest BCUT2D eigenvalue weighted by Crippen LogP contribution is 2.31. The predicted octanol–water partition coefficient (Wildman–Crippen LogP) is 3.78. The van der Waals surface area contributed by atoms with Crippen LogP contribution in [0.5, 0.6) is 11.6 Å². The first-order chi connectivity index (χ1) is 9.56. The second-order valence-electron chi connectivity index (χ2n) is 3.98. The maximum atomic E-state index is 13.8. The first-order valence-electron chi connectivity index (χ1n) is 5.55. The van der Waals surface area contributed by atoms with Crippen molar-refractivity contribution < 1.29 is 9.13 Å². The number of halogens is 3. The van der Waals surface area contributed by atoms with Gasteiger partial charge in [-0.05, 0) is 25.1 Å². The van der Waals surface area contributed by atoms with Crippen LogP contribution < -0.4 is 4.74 Å². The lowest BCUT2D eigenvalue weighted by atomic mass is 10.3. The number of hydrogen-bond donors (Lipinski definition) is 0. The fraction of sp³-hybridized carbons (Fsp3) is 0.0833. The molecule has 0 radical (unpaired) electrons. The van der Waals surface area contributed by atoms with Crippen LogP contribution in [0.1, 0.15) is 5.56 Å². The van der Waals surface area contributed by atoms with Crippen molar-refractivity contribution in [2.75, 3.05) is 0 Å². The lowest BCUT2D eigenvalue weighted by Crippen LogP contribution is -2.02. The van der Waals surface area contributed by atoms with Crippen molar-refractivity contribution in [1.82, 2.24) is 19.6 Å². The van der Waals surface area contributed by atoms with Gasteiger partial charge in [0.05, 0.1) is 0 Å². The van der Waals surface area contributed by atoms with Gasteiger partial charge in [0.15, 0.2) is 11.6 Å². The van der Waals surface area contributed by atoms with Crippen LogP contribution in [0.2, 0.25) is 5.15 Å². The lowest BCUT2D eigenvalue weighted by molar-refractivity contribution is 0.411. The van der Waals surface area contributed by atoms with Crippen molar-refractivity contribution >= 4 is 33.3 Å². The van der Waals surface area contributed by atoms with Gasteiger partial charge >= 0.3 is 0 Å². The molecule has 2 heterocycles. The highest BCUT2D eigenvalue weighted by molar-refractivity contribution is 9.10. The summed E-state index contributed by atoms with van der Waals surface area (Å²) < 4.78 is 21.4. The Balaban J connectivity index is 2.14. The van der Waals surface area contributed by atoms with Gasteiger partial charge in [-0.15, -0.1) is 0 Å². The molecule has 0 fully saturated rings. The zero-order valence-electron chi connectivity index (χ0n) is 10.1. The molecule has 0 aliphatic heterocycles. The molecule has 0 aliphatic carbocycles. The van der Waals surface area contributed by atoms with Crippen molar-refractivity contribution in [3.05, 3.63) is 45.5 Å². The van der Waals surface area contributed by atoms with E-state index in [1.807, 2.05) is 0 Å². The Morgan fingerprint density at radius 2 is 2.20 bits per heavy atom. The number of benzene rings is 1. The van der Waals surface area contributed by atoms with Crippen LogP contribution in [0.25, 0.3) is 5.78 Å². The normalized spacial score (nSPS) is 11.0. The minimum atomic E-state index is -0.500. The minimum Gasteiger partial charge on any atom is -0.435 e. The van der Waals surface area contributed by atoms with Gasteiger partial charge in [0.1, 0.15) is 11.5 Å². The fourth-order valence-corrected chi connectivity index (χ4v) is 2.15. The average Bonchev–Trinajstić information content (AvgIpc) is 2.85. The van der Waals surface area contributed by atoms with Gasteiger partial charge in [0, 0.05) is 10.0 Å². The molecule has 20 heavy (non-hydrogen) atoms. The van der Waals surface area contributed by atoms with E-state index in [2.05, 4.69) is 31.0 Å². The molecule has 0 aliphatic rings. The van der Waals surface area contributed by atoms with Crippen LogP contribution in [-0.4, -0.2) is 19.6 Å². The number of ether oxygens (including phenoxy) is 1. The van der Waals surface area contributed by atoms with E-state index in [0.29, 0.717) is 10.0 Å². The van der Waals surface area contributed by atoms with E-state index in [1.54, 1.807) is 13.0 Å². The molecule has 3 aromatic rings. The fourth-order valence-electron chi connectivity index (χ4n) is 1.66. The Labute approximate surface area is 126 Å². The molecule has 0 atom stereocenters. The first kappa shape index (κ1) is 13.3. The van der Waals surface area contributed by atoms with E-state index < -0.39 is 5.82 Å². The van der Waals surface area contributed by atoms with E-state index >= 15 is 0 Å². The molecule has 0 saturated heterocycles. The van der Waals surface area contributed by atoms with Crippen molar-refractivity contribution in [3.63, 3.8) is 0 Å². The molecule has 102 valence electrons. The summed E-state index contributed by atoms with van der Waals surface area (Å²) in [5.41, 5.74) is 0.548. The highest BCUT2D eigenvalue weighted by Gasteiger charge is 2.16. The largest absolute Gasteiger partial charge is 0.435 e. The molecule has 8 heteroatoms. The minimum absolute atomic E-state index is 0.0652. The number of hydrogen-bond acceptors (Lipinski definition) is 4. The quantitative estimate of drug-likeness (QED) is 0.655. The zero-order chi connectivity index (χ0) is 14.3. The third-order valence-electron chi connectivity index (χ3n) is 2.65. The van der Waals surface area contributed by atoms with Crippen LogP contribution in [-0.2, 0) is 0 Å². The Hall–Kier alpha value is -1.73. The van der Waals surface area contributed by atoms with Crippen LogP contribution >= 0.6 is 27.5 Å². The van der Waals surface area contributed by atoms with Gasteiger partial charge in [-0.25, -0.2) is 4.39 Å². The summed E-state index contributed by atoms with van der Waals surface area (Å²) >= 11 is 9.19. The van der Waals surface area contributed by atoms with Crippen LogP contribution in [0.3, 0.4) is 0 Å². The van der Waals surface area contributed by atoms with Crippen molar-refractivity contribution in [1.29, 1.82) is 0 Å². The Kier molecular flexibility index (Phi) is 3.31. The number of rotatable bonds is 2. The summed E-state index contributed by atoms with van der Waals surface area (Å²) in [5.74, 6) is 0.127. The standard InChI is InChI=1S/C12H7BrClFN4O/c1-6-10(14)18-12-16-5-17-19(12)11(6)20-9-3-2-7(13)4-8(9)15/h2-5H,1H3. The molecule has 0 bridgehead atoms. The summed E-state index contributed by atoms with van der Waals surface area (Å²) in [5, 5.41) is 4.23. The second kappa shape index (κ2) is 4.99. The number of fused-ring (bicyclic) bond motifs is 1. The summed E-state index contributed by atoms with van der Waals surface area (Å²) in [6, 6.07) is 4.50. The van der Waals surface area contributed by atoms with Gasteiger partial charge in [-0.2, -0.15) is 19.6 Å². The Bertz CT molecular complexity index is 807. The lowest BCUT2D eigenvalue weighted by Gasteiger charge is -2.11. The third-order valence-corrected chi connectivity index (χ3v) is 3.51. The molecule has 1 aromatic carbocycles. The molecular weight excluding hydrogens is 351 g/mol. The van der Waals surface area contributed by atoms with Crippen molar-refractivity contribution in [2.24, 2.45) is 0 Å². The van der Waals surface area contributed by atoms with Gasteiger partial charge in [-0.1, -0.05) is 27.5 Å². The summed E-state index contributed by atoms with van der Waals surface area (Å²) in [4.78, 5) is 7.98. The van der Waals surface area contributed by atoms with E-state index in [0.717, 1.165) is 0 Å². The van der Waals surface area contributed by atoms with Gasteiger partial charge in [0.25, 0.3) is 5.78 Å². The summed E-state index contributed by atoms with van der Waals surface area (Å²) in [7, 11) is 0. The monoisotopic (exact) mass is 356 g/mol. The Morgan fingerprint density at radius 3 is 2.95 bits per heavy atom. The van der Waals surface area contributed by atoms with Gasteiger partial charge in [-0.3, -0.25) is 0 Å². The van der Waals surface area contributed by atoms with Gasteiger partial charge < -0.3 is 4.74 Å². The van der Waals surface area contributed by atoms with Crippen LogP contribution in [0.4, 0.5) is 4.39 Å². The van der Waals surface area contributed by atoms with E-state index in [4.69, 9.17) is 16.3 Å². The molecule has 2 aromatic heterocycles. The molecule has 3 rings (SSSR count). The second-order valence-corrected chi connectivity index (χ2v) is 5.26. The third kappa shape index (κ3) is 2.23. The van der Waals surface area contributed by atoms with Crippen molar-refractivity contribution in [2.45, 2.75) is 6.92 Å². The van der Waals surface area contributed by atoms with E-state index in [9.17, 15) is 4.39 Å². The number of aromatic nitrogens is 4. The maximum Gasteiger partial charge on any atom is 0.256 e. The smallest absolute Gasteiger partial charge is 0.256 e. The Morgan fingerprint density at radius 1 is 1.40 bits per heavy atom. The zero-order valence-corrected chi connectivity index (χ0v) is 12.5. The topological polar surface area (TPSA) is 52.3 Å². The maximum absolute atomic E-state index is 13.8. The summed E-state index contributed by atoms with van der Waals surface area (Å²) in [6.45, 7) is 1.71. The molecule has 0 amide bonds. The van der Waals surface area contributed by atoms with Crippen molar-refractivity contribution in [3.8, 4) is 11.6 Å². The molecule has 0 spiro atoms. The first-order valence-corrected chi connectivity index (χ1v) is 6.72. The molecule has 0 unspecified atom stereocenters. The van der Waals surface area contributed by atoms with E-state index in [-0.39, 0.29) is 22.6 Å². The highest BCUT2D eigenvalue weighted by atomic mass is 79.9. The average molecular weight is 358 g/mol. The van der Waals surface area contributed by atoms with Crippen LogP contribution in [0, 0.1) is 12.7 Å². The van der Waals surface area contributed by atoms with Crippen LogP contribution in [0.15, 0.2) is 29.0 Å².